The van der Waals surface area contributed by atoms with E-state index < -0.39 is 18.3 Å². The Kier molecular flexibility index (Phi) is 11.5. The number of nitrogens with zero attached hydrogens (tertiary/aromatic N) is 4. The summed E-state index contributed by atoms with van der Waals surface area (Å²) in [4.78, 5) is 0. The molecule has 0 heterocycles. The molecule has 3 N–H and O–H groups in total. The summed E-state index contributed by atoms with van der Waals surface area (Å²) in [6.07, 6.45) is -1.47. The minimum Gasteiger partial charge on any atom is -0.382 e. The molecule has 0 amide bonds. The lowest BCUT2D eigenvalue weighted by molar-refractivity contribution is -0.933. The molecule has 7 nitrogen and oxygen atoms in total. The summed E-state index contributed by atoms with van der Waals surface area (Å²) < 4.78 is 2.48. The quantitative estimate of drug-likeness (QED) is 0.289. The largest absolute Gasteiger partial charge is 0.382 e. The molecule has 0 aliphatic rings. The van der Waals surface area contributed by atoms with Crippen molar-refractivity contribution in [2.75, 3.05) is 95.6 Å². The maximum atomic E-state index is 11.0. The van der Waals surface area contributed by atoms with Crippen molar-refractivity contribution in [3.05, 3.63) is 71.8 Å². The fraction of sp³-hybridized carbons (Fsp3) is 0.613. The van der Waals surface area contributed by atoms with E-state index in [0.717, 1.165) is 13.1 Å². The molecule has 0 aliphatic carbocycles. The average molecular weight is 533 g/mol. The van der Waals surface area contributed by atoms with E-state index in [0.29, 0.717) is 57.2 Å². The molecular formula is C31H56N4O3+4. The van der Waals surface area contributed by atoms with Crippen LogP contribution in [0.25, 0.3) is 0 Å². The summed E-state index contributed by atoms with van der Waals surface area (Å²) in [5, 5.41) is 32.8. The zero-order valence-corrected chi connectivity index (χ0v) is 25.3. The summed E-state index contributed by atoms with van der Waals surface area (Å²) in [5.41, 5.74) is 2.52. The Morgan fingerprint density at radius 2 is 0.658 bits per heavy atom. The van der Waals surface area contributed by atoms with Crippen LogP contribution in [0.2, 0.25) is 0 Å². The molecule has 0 saturated heterocycles. The molecule has 0 bridgehead atoms. The lowest BCUT2D eigenvalue weighted by Gasteiger charge is -2.39. The second kappa shape index (κ2) is 13.5. The van der Waals surface area contributed by atoms with Crippen molar-refractivity contribution in [2.24, 2.45) is 0 Å². The van der Waals surface area contributed by atoms with E-state index in [4.69, 9.17) is 0 Å². The van der Waals surface area contributed by atoms with E-state index in [2.05, 4.69) is 105 Å². The van der Waals surface area contributed by atoms with Crippen molar-refractivity contribution in [1.82, 2.24) is 0 Å². The van der Waals surface area contributed by atoms with E-state index in [1.165, 1.54) is 11.1 Å². The number of quaternary nitrogens is 4. The van der Waals surface area contributed by atoms with E-state index in [-0.39, 0.29) is 0 Å². The van der Waals surface area contributed by atoms with Gasteiger partial charge in [0.15, 0.2) is 18.3 Å². The summed E-state index contributed by atoms with van der Waals surface area (Å²) in [7, 11) is 16.9. The summed E-state index contributed by atoms with van der Waals surface area (Å²) in [6.45, 7) is 5.29. The maximum Gasteiger partial charge on any atom is 0.152 e. The van der Waals surface area contributed by atoms with Crippen molar-refractivity contribution in [3.63, 3.8) is 0 Å². The molecule has 2 aromatic rings. The first-order valence-electron chi connectivity index (χ1n) is 13.9. The van der Waals surface area contributed by atoms with Gasteiger partial charge >= 0.3 is 0 Å². The Labute approximate surface area is 232 Å². The number of aliphatic hydroxyl groups excluding tert-OH is 3. The Morgan fingerprint density at radius 3 is 0.921 bits per heavy atom. The molecule has 0 spiro atoms. The second-order valence-electron chi connectivity index (χ2n) is 14.1. The highest BCUT2D eigenvalue weighted by Crippen LogP contribution is 2.15. The lowest BCUT2D eigenvalue weighted by Crippen LogP contribution is -2.58. The van der Waals surface area contributed by atoms with Crippen molar-refractivity contribution >= 4 is 0 Å². The third kappa shape index (κ3) is 12.8. The molecule has 0 fully saturated rings. The van der Waals surface area contributed by atoms with Gasteiger partial charge in [-0.05, 0) is 0 Å². The van der Waals surface area contributed by atoms with Crippen molar-refractivity contribution < 1.29 is 33.3 Å². The van der Waals surface area contributed by atoms with Gasteiger partial charge in [0.05, 0.1) is 56.4 Å². The number of aliphatic hydroxyl groups is 3. The van der Waals surface area contributed by atoms with Crippen LogP contribution in [0, 0.1) is 0 Å². The van der Waals surface area contributed by atoms with Gasteiger partial charge in [-0.2, -0.15) is 0 Å². The van der Waals surface area contributed by atoms with Gasteiger partial charge in [-0.15, -0.1) is 0 Å². The van der Waals surface area contributed by atoms with Gasteiger partial charge in [0.25, 0.3) is 0 Å². The fourth-order valence-electron chi connectivity index (χ4n) is 6.03. The second-order valence-corrected chi connectivity index (χ2v) is 14.1. The first-order valence-corrected chi connectivity index (χ1v) is 13.9. The molecule has 2 unspecified atom stereocenters. The van der Waals surface area contributed by atoms with Gasteiger partial charge in [0.1, 0.15) is 52.4 Å². The van der Waals surface area contributed by atoms with Crippen LogP contribution in [0.3, 0.4) is 0 Å². The summed E-state index contributed by atoms with van der Waals surface area (Å²) in [6, 6.07) is 20.8. The minimum atomic E-state index is -0.530. The monoisotopic (exact) mass is 532 g/mol. The van der Waals surface area contributed by atoms with Gasteiger partial charge in [0, 0.05) is 11.1 Å². The summed E-state index contributed by atoms with van der Waals surface area (Å²) in [5.74, 6) is 0. The van der Waals surface area contributed by atoms with E-state index in [9.17, 15) is 15.3 Å². The van der Waals surface area contributed by atoms with E-state index >= 15 is 0 Å². The molecule has 214 valence electrons. The van der Waals surface area contributed by atoms with Crippen molar-refractivity contribution in [2.45, 2.75) is 31.4 Å². The Bertz CT molecular complexity index is 871. The lowest BCUT2D eigenvalue weighted by atomic mass is 10.1. The predicted octanol–water partition coefficient (Wildman–Crippen LogP) is 1.78. The molecule has 7 heteroatoms. The highest BCUT2D eigenvalue weighted by molar-refractivity contribution is 5.14. The van der Waals surface area contributed by atoms with Crippen LogP contribution in [0.4, 0.5) is 0 Å². The van der Waals surface area contributed by atoms with Gasteiger partial charge in [-0.1, -0.05) is 60.7 Å². The smallest absolute Gasteiger partial charge is 0.152 e. The Morgan fingerprint density at radius 1 is 0.421 bits per heavy atom. The van der Waals surface area contributed by atoms with Crippen molar-refractivity contribution in [1.29, 1.82) is 0 Å². The topological polar surface area (TPSA) is 60.7 Å². The van der Waals surface area contributed by atoms with Gasteiger partial charge in [0.2, 0.25) is 0 Å². The number of hydrogen-bond donors (Lipinski definition) is 3. The molecule has 0 radical (unpaired) electrons. The zero-order chi connectivity index (χ0) is 28.6. The average Bonchev–Trinajstić information content (AvgIpc) is 2.71. The first-order chi connectivity index (χ1) is 17.5. The molecule has 0 saturated carbocycles. The van der Waals surface area contributed by atoms with Crippen LogP contribution in [0.1, 0.15) is 11.1 Å². The first kappa shape index (κ1) is 32.4. The molecule has 38 heavy (non-hydrogen) atoms. The molecule has 0 aromatic heterocycles. The zero-order valence-electron chi connectivity index (χ0n) is 25.3. The number of benzene rings is 2. The Balaban J connectivity index is 1.82. The third-order valence-corrected chi connectivity index (χ3v) is 7.14. The predicted molar refractivity (Wildman–Crippen MR) is 156 cm³/mol. The van der Waals surface area contributed by atoms with Crippen molar-refractivity contribution in [3.8, 4) is 0 Å². The molecule has 2 atom stereocenters. The van der Waals surface area contributed by atoms with Gasteiger partial charge < -0.3 is 33.3 Å². The van der Waals surface area contributed by atoms with Crippen LogP contribution >= 0.6 is 0 Å². The molecule has 2 aromatic carbocycles. The SMILES string of the molecule is C[N+](C)(Cc1ccccc1)CC(O)C[N+](C)(C)CC(O)C[N+](C)(C)CC(O)C[N+](C)(C)Cc1ccccc1. The fourth-order valence-corrected chi connectivity index (χ4v) is 6.03. The minimum absolute atomic E-state index is 0.468. The van der Waals surface area contributed by atoms with Gasteiger partial charge in [-0.25, -0.2) is 0 Å². The highest BCUT2D eigenvalue weighted by atomic mass is 16.3. The van der Waals surface area contributed by atoms with E-state index in [1.807, 2.05) is 12.1 Å². The number of likely N-dealkylation sites (N-methyl/N-ethyl adjacent to an activating group) is 4. The maximum absolute atomic E-state index is 11.0. The van der Waals surface area contributed by atoms with Gasteiger partial charge in [-0.3, -0.25) is 0 Å². The highest BCUT2D eigenvalue weighted by Gasteiger charge is 2.33. The van der Waals surface area contributed by atoms with E-state index in [1.54, 1.807) is 0 Å². The summed E-state index contributed by atoms with van der Waals surface area (Å²) >= 11 is 0. The van der Waals surface area contributed by atoms with Crippen LogP contribution < -0.4 is 0 Å². The number of rotatable bonds is 16. The Hall–Kier alpha value is -1.84. The third-order valence-electron chi connectivity index (χ3n) is 7.14. The van der Waals surface area contributed by atoms with Crippen LogP contribution in [0.5, 0.6) is 0 Å². The van der Waals surface area contributed by atoms with Crippen LogP contribution in [-0.2, 0) is 13.1 Å². The molecular weight excluding hydrogens is 476 g/mol. The molecule has 2 rings (SSSR count). The number of hydrogen-bond acceptors (Lipinski definition) is 3. The van der Waals surface area contributed by atoms with Crippen LogP contribution in [-0.4, -0.2) is 147 Å². The standard InChI is InChI=1S/C31H56N4O3/c1-32(2,19-27-15-11-9-12-16-27)21-29(36)23-34(5,6)25-31(38)26-35(7,8)24-30(37)22-33(3,4)20-28-17-13-10-14-18-28/h9-18,29-31,36-38H,19-26H2,1-8H3/q+4. The molecule has 0 aliphatic heterocycles. The normalized spacial score (nSPS) is 15.8. The van der Waals surface area contributed by atoms with Crippen LogP contribution in [0.15, 0.2) is 60.7 Å².